The van der Waals surface area contributed by atoms with Crippen LogP contribution < -0.4 is 4.74 Å². The fourth-order valence-corrected chi connectivity index (χ4v) is 2.24. The molecule has 1 rings (SSSR count). The Balaban J connectivity index is 3.11. The van der Waals surface area contributed by atoms with E-state index in [1.165, 1.54) is 0 Å². The smallest absolute Gasteiger partial charge is 0.422 e. The van der Waals surface area contributed by atoms with Crippen molar-refractivity contribution in [3.05, 3.63) is 26.7 Å². The van der Waals surface area contributed by atoms with Crippen LogP contribution in [-0.2, 0) is 14.3 Å². The summed E-state index contributed by atoms with van der Waals surface area (Å²) >= 11 is 17.6. The average molecular weight is 384 g/mol. The molecule has 1 N–H and O–H groups in total. The van der Waals surface area contributed by atoms with Crippen molar-refractivity contribution < 1.29 is 29.0 Å². The monoisotopic (exact) mass is 382 g/mol. The van der Waals surface area contributed by atoms with Gasteiger partial charge in [-0.2, -0.15) is 0 Å². The van der Waals surface area contributed by atoms with Crippen molar-refractivity contribution in [1.29, 1.82) is 0 Å². The number of carboxylic acids is 1. The second-order valence-corrected chi connectivity index (χ2v) is 5.56. The summed E-state index contributed by atoms with van der Waals surface area (Å²) in [6.07, 6.45) is 2.45. The lowest BCUT2D eigenvalue weighted by Gasteiger charge is -2.12. The molecule has 1 aromatic carbocycles. The predicted molar refractivity (Wildman–Crippen MR) is 84.6 cm³/mol. The molecule has 1 aromatic rings. The third-order valence-corrected chi connectivity index (χ3v) is 3.95. The number of hydrogen-bond acceptors (Lipinski definition) is 5. The van der Waals surface area contributed by atoms with Gasteiger partial charge in [0, 0.05) is 6.07 Å². The number of unbranched alkanes of at least 4 members (excludes halogenated alkanes) is 2. The maximum Gasteiger partial charge on any atom is 0.422 e. The quantitative estimate of drug-likeness (QED) is 0.263. The fraction of sp³-hybridized carbons (Fsp3) is 0.357. The Bertz CT molecular complexity index is 629. The first kappa shape index (κ1) is 19.5. The van der Waals surface area contributed by atoms with Gasteiger partial charge >= 0.3 is 17.9 Å². The zero-order valence-corrected chi connectivity index (χ0v) is 14.3. The standard InChI is InChI=1S/C14H13Cl3O6/c1-2-3-4-5-22-13(20)9-8(23-14(21)12(18)19)6-7(15)10(16)11(9)17/h6H,2-5H2,1H3,(H,18,19). The number of ether oxygens (including phenoxy) is 2. The third kappa shape index (κ3) is 5.27. The molecular weight excluding hydrogens is 371 g/mol. The van der Waals surface area contributed by atoms with E-state index in [-0.39, 0.29) is 27.2 Å². The van der Waals surface area contributed by atoms with Gasteiger partial charge in [-0.05, 0) is 6.42 Å². The van der Waals surface area contributed by atoms with E-state index in [9.17, 15) is 14.4 Å². The van der Waals surface area contributed by atoms with Crippen molar-refractivity contribution in [2.24, 2.45) is 0 Å². The van der Waals surface area contributed by atoms with E-state index in [4.69, 9.17) is 44.6 Å². The summed E-state index contributed by atoms with van der Waals surface area (Å²) in [6, 6.07) is 1.03. The van der Waals surface area contributed by atoms with E-state index in [1.54, 1.807) is 0 Å². The Hall–Kier alpha value is -1.50. The molecule has 0 aliphatic rings. The Morgan fingerprint density at radius 1 is 1.13 bits per heavy atom. The molecule has 0 aliphatic carbocycles. The second kappa shape index (κ2) is 8.96. The highest BCUT2D eigenvalue weighted by molar-refractivity contribution is 6.49. The molecule has 0 aromatic heterocycles. The van der Waals surface area contributed by atoms with Crippen LogP contribution in [0.4, 0.5) is 0 Å². The van der Waals surface area contributed by atoms with Crippen molar-refractivity contribution in [2.75, 3.05) is 6.61 Å². The molecule has 9 heteroatoms. The number of aliphatic carboxylic acids is 1. The molecule has 0 saturated heterocycles. The van der Waals surface area contributed by atoms with Crippen LogP contribution in [0.5, 0.6) is 5.75 Å². The molecule has 0 radical (unpaired) electrons. The van der Waals surface area contributed by atoms with Gasteiger partial charge in [-0.15, -0.1) is 0 Å². The van der Waals surface area contributed by atoms with Gasteiger partial charge in [0.05, 0.1) is 21.7 Å². The molecule has 0 spiro atoms. The Labute approximate surface area is 147 Å². The number of rotatable bonds is 6. The van der Waals surface area contributed by atoms with Crippen LogP contribution in [0.2, 0.25) is 15.1 Å². The predicted octanol–water partition coefficient (Wildman–Crippen LogP) is 3.98. The number of esters is 2. The molecule has 0 bridgehead atoms. The molecule has 6 nitrogen and oxygen atoms in total. The van der Waals surface area contributed by atoms with E-state index >= 15 is 0 Å². The summed E-state index contributed by atoms with van der Waals surface area (Å²) in [5.41, 5.74) is -0.354. The summed E-state index contributed by atoms with van der Waals surface area (Å²) in [7, 11) is 0. The maximum absolute atomic E-state index is 12.1. The van der Waals surface area contributed by atoms with Gasteiger partial charge in [-0.1, -0.05) is 54.6 Å². The minimum Gasteiger partial charge on any atom is -0.473 e. The van der Waals surface area contributed by atoms with E-state index in [0.717, 1.165) is 18.9 Å². The molecule has 0 heterocycles. The highest BCUT2D eigenvalue weighted by Crippen LogP contribution is 2.39. The fourth-order valence-electron chi connectivity index (χ4n) is 1.58. The number of carboxylic acid groups (broad SMARTS) is 1. The van der Waals surface area contributed by atoms with Crippen molar-refractivity contribution in [3.63, 3.8) is 0 Å². The minimum atomic E-state index is -1.84. The van der Waals surface area contributed by atoms with Gasteiger partial charge in [-0.3, -0.25) is 0 Å². The van der Waals surface area contributed by atoms with E-state index in [0.29, 0.717) is 6.42 Å². The molecule has 0 saturated carbocycles. The zero-order chi connectivity index (χ0) is 17.6. The summed E-state index contributed by atoms with van der Waals surface area (Å²) < 4.78 is 9.63. The minimum absolute atomic E-state index is 0.104. The van der Waals surface area contributed by atoms with E-state index in [1.807, 2.05) is 6.92 Å². The Morgan fingerprint density at radius 2 is 1.78 bits per heavy atom. The van der Waals surface area contributed by atoms with Crippen molar-refractivity contribution in [1.82, 2.24) is 0 Å². The van der Waals surface area contributed by atoms with Crippen LogP contribution in [-0.4, -0.2) is 29.6 Å². The molecule has 0 atom stereocenters. The van der Waals surface area contributed by atoms with Gasteiger partial charge in [-0.25, -0.2) is 14.4 Å². The SMILES string of the molecule is CCCCCOC(=O)c1c(OC(=O)C(=O)O)cc(Cl)c(Cl)c1Cl. The van der Waals surface area contributed by atoms with Gasteiger partial charge in [0.15, 0.2) is 0 Å². The highest BCUT2D eigenvalue weighted by Gasteiger charge is 2.26. The van der Waals surface area contributed by atoms with Crippen LogP contribution >= 0.6 is 34.8 Å². The molecule has 0 amide bonds. The lowest BCUT2D eigenvalue weighted by atomic mass is 10.2. The molecule has 126 valence electrons. The summed E-state index contributed by atoms with van der Waals surface area (Å²) in [5, 5.41) is 8.06. The molecule has 0 fully saturated rings. The zero-order valence-electron chi connectivity index (χ0n) is 12.0. The van der Waals surface area contributed by atoms with Crippen LogP contribution in [0.3, 0.4) is 0 Å². The van der Waals surface area contributed by atoms with E-state index in [2.05, 4.69) is 4.74 Å². The van der Waals surface area contributed by atoms with Crippen LogP contribution in [0.15, 0.2) is 6.07 Å². The van der Waals surface area contributed by atoms with Crippen LogP contribution in [0, 0.1) is 0 Å². The average Bonchev–Trinajstić information content (AvgIpc) is 2.49. The van der Waals surface area contributed by atoms with Crippen LogP contribution in [0.1, 0.15) is 36.5 Å². The number of halogens is 3. The van der Waals surface area contributed by atoms with Crippen molar-refractivity contribution in [3.8, 4) is 5.75 Å². The number of benzene rings is 1. The maximum atomic E-state index is 12.1. The van der Waals surface area contributed by atoms with Crippen LogP contribution in [0.25, 0.3) is 0 Å². The summed E-state index contributed by atoms with van der Waals surface area (Å²) in [4.78, 5) is 33.9. The van der Waals surface area contributed by atoms with Gasteiger partial charge < -0.3 is 14.6 Å². The lowest BCUT2D eigenvalue weighted by molar-refractivity contribution is -0.158. The Morgan fingerprint density at radius 3 is 2.35 bits per heavy atom. The largest absolute Gasteiger partial charge is 0.473 e. The third-order valence-electron chi connectivity index (χ3n) is 2.69. The molecular formula is C14H13Cl3O6. The summed E-state index contributed by atoms with van der Waals surface area (Å²) in [6.45, 7) is 2.12. The first-order chi connectivity index (χ1) is 10.8. The molecule has 23 heavy (non-hydrogen) atoms. The second-order valence-electron chi connectivity index (χ2n) is 4.40. The number of carbonyl (C=O) groups is 3. The van der Waals surface area contributed by atoms with E-state index < -0.39 is 23.7 Å². The van der Waals surface area contributed by atoms with Crippen molar-refractivity contribution >= 4 is 52.7 Å². The first-order valence-corrected chi connectivity index (χ1v) is 7.72. The lowest BCUT2D eigenvalue weighted by Crippen LogP contribution is -2.21. The number of carbonyl (C=O) groups excluding carboxylic acids is 2. The summed E-state index contributed by atoms with van der Waals surface area (Å²) in [5.74, 6) is -4.76. The number of hydrogen-bond donors (Lipinski definition) is 1. The first-order valence-electron chi connectivity index (χ1n) is 6.59. The molecule has 0 aliphatic heterocycles. The topological polar surface area (TPSA) is 89.9 Å². The molecule has 0 unspecified atom stereocenters. The Kier molecular flexibility index (Phi) is 7.61. The van der Waals surface area contributed by atoms with Gasteiger partial charge in [0.1, 0.15) is 11.3 Å². The highest BCUT2D eigenvalue weighted by atomic mass is 35.5. The van der Waals surface area contributed by atoms with Gasteiger partial charge in [0.2, 0.25) is 0 Å². The van der Waals surface area contributed by atoms with Gasteiger partial charge in [0.25, 0.3) is 0 Å². The van der Waals surface area contributed by atoms with Crippen molar-refractivity contribution in [2.45, 2.75) is 26.2 Å². The normalized spacial score (nSPS) is 10.3.